The highest BCUT2D eigenvalue weighted by molar-refractivity contribution is 5.59. The first kappa shape index (κ1) is 12.3. The van der Waals surface area contributed by atoms with Crippen LogP contribution < -0.4 is 0 Å². The lowest BCUT2D eigenvalue weighted by molar-refractivity contribution is 0.0516. The van der Waals surface area contributed by atoms with E-state index in [1.807, 2.05) is 6.92 Å². The van der Waals surface area contributed by atoms with Crippen LogP contribution in [0.25, 0.3) is 0 Å². The second-order valence-electron chi connectivity index (χ2n) is 3.48. The molecule has 0 aromatic heterocycles. The Bertz CT molecular complexity index is 132. The van der Waals surface area contributed by atoms with Crippen LogP contribution in [0.4, 0.5) is 4.79 Å². The van der Waals surface area contributed by atoms with Crippen molar-refractivity contribution in [2.45, 2.75) is 40.0 Å². The zero-order valence-corrected chi connectivity index (χ0v) is 8.84. The third kappa shape index (κ3) is 9.18. The Morgan fingerprint density at radius 1 is 1.23 bits per heavy atom. The van der Waals surface area contributed by atoms with E-state index in [9.17, 15) is 4.79 Å². The summed E-state index contributed by atoms with van der Waals surface area (Å²) < 4.78 is 9.64. The summed E-state index contributed by atoms with van der Waals surface area (Å²) in [6, 6.07) is 0. The molecule has 0 rings (SSSR count). The van der Waals surface area contributed by atoms with Crippen LogP contribution in [0.1, 0.15) is 40.0 Å². The van der Waals surface area contributed by atoms with Gasteiger partial charge in [0.25, 0.3) is 0 Å². The molecule has 3 nitrogen and oxygen atoms in total. The van der Waals surface area contributed by atoms with Crippen LogP contribution in [-0.2, 0) is 9.47 Å². The Kier molecular flexibility index (Phi) is 7.45. The summed E-state index contributed by atoms with van der Waals surface area (Å²) in [4.78, 5) is 10.9. The normalized spacial score (nSPS) is 10.2. The van der Waals surface area contributed by atoms with E-state index in [1.165, 1.54) is 0 Å². The monoisotopic (exact) mass is 188 g/mol. The molecule has 0 bridgehead atoms. The van der Waals surface area contributed by atoms with Crippen molar-refractivity contribution in [3.05, 3.63) is 0 Å². The molecule has 0 saturated heterocycles. The van der Waals surface area contributed by atoms with Gasteiger partial charge in [-0.1, -0.05) is 27.2 Å². The standard InChI is InChI=1S/C10H20O3/c1-4-5-7-12-10(11)13-8-6-9(2)3/h9H,4-8H2,1-3H3. The zero-order chi connectivity index (χ0) is 10.1. The van der Waals surface area contributed by atoms with Crippen molar-refractivity contribution >= 4 is 6.16 Å². The van der Waals surface area contributed by atoms with Crippen molar-refractivity contribution in [2.24, 2.45) is 5.92 Å². The van der Waals surface area contributed by atoms with E-state index in [4.69, 9.17) is 9.47 Å². The Morgan fingerprint density at radius 3 is 2.38 bits per heavy atom. The first-order valence-corrected chi connectivity index (χ1v) is 4.96. The molecule has 0 aliphatic carbocycles. The average molecular weight is 188 g/mol. The molecule has 13 heavy (non-hydrogen) atoms. The van der Waals surface area contributed by atoms with Gasteiger partial charge in [-0.15, -0.1) is 0 Å². The molecule has 0 aliphatic rings. The summed E-state index contributed by atoms with van der Waals surface area (Å²) in [6.45, 7) is 7.16. The minimum atomic E-state index is -0.533. The van der Waals surface area contributed by atoms with Crippen molar-refractivity contribution in [2.75, 3.05) is 13.2 Å². The fourth-order valence-corrected chi connectivity index (χ4v) is 0.719. The second kappa shape index (κ2) is 7.90. The van der Waals surface area contributed by atoms with Crippen LogP contribution in [0, 0.1) is 5.92 Å². The highest BCUT2D eigenvalue weighted by Gasteiger charge is 2.03. The van der Waals surface area contributed by atoms with E-state index in [0.717, 1.165) is 19.3 Å². The molecule has 0 aliphatic heterocycles. The summed E-state index contributed by atoms with van der Waals surface area (Å²) in [6.07, 6.45) is 2.29. The van der Waals surface area contributed by atoms with Gasteiger partial charge in [0.1, 0.15) is 0 Å². The van der Waals surface area contributed by atoms with E-state index in [0.29, 0.717) is 19.1 Å². The molecule has 78 valence electrons. The van der Waals surface area contributed by atoms with E-state index in [1.54, 1.807) is 0 Å². The Morgan fingerprint density at radius 2 is 1.85 bits per heavy atom. The molecule has 0 unspecified atom stereocenters. The quantitative estimate of drug-likeness (QED) is 0.475. The van der Waals surface area contributed by atoms with Crippen LogP contribution in [0.15, 0.2) is 0 Å². The Hall–Kier alpha value is -0.730. The summed E-state index contributed by atoms with van der Waals surface area (Å²) in [7, 11) is 0. The molecule has 0 saturated carbocycles. The lowest BCUT2D eigenvalue weighted by Crippen LogP contribution is -2.10. The van der Waals surface area contributed by atoms with E-state index in [-0.39, 0.29) is 0 Å². The minimum absolute atomic E-state index is 0.461. The van der Waals surface area contributed by atoms with Crippen LogP contribution in [-0.4, -0.2) is 19.4 Å². The summed E-state index contributed by atoms with van der Waals surface area (Å²) in [5.74, 6) is 0.559. The highest BCUT2D eigenvalue weighted by Crippen LogP contribution is 2.00. The maximum atomic E-state index is 10.9. The predicted molar refractivity (Wildman–Crippen MR) is 51.7 cm³/mol. The van der Waals surface area contributed by atoms with E-state index in [2.05, 4.69) is 13.8 Å². The molecule has 0 amide bonds. The van der Waals surface area contributed by atoms with Crippen LogP contribution in [0.2, 0.25) is 0 Å². The molecule has 0 radical (unpaired) electrons. The minimum Gasteiger partial charge on any atom is -0.434 e. The van der Waals surface area contributed by atoms with Gasteiger partial charge in [0.05, 0.1) is 13.2 Å². The largest absolute Gasteiger partial charge is 0.508 e. The first-order chi connectivity index (χ1) is 6.16. The van der Waals surface area contributed by atoms with Crippen LogP contribution >= 0.6 is 0 Å². The molecular weight excluding hydrogens is 168 g/mol. The lowest BCUT2D eigenvalue weighted by Gasteiger charge is -2.06. The molecule has 0 atom stereocenters. The molecule has 0 fully saturated rings. The fourth-order valence-electron chi connectivity index (χ4n) is 0.719. The van der Waals surface area contributed by atoms with E-state index < -0.39 is 6.16 Å². The smallest absolute Gasteiger partial charge is 0.434 e. The van der Waals surface area contributed by atoms with Gasteiger partial charge in [0.15, 0.2) is 0 Å². The third-order valence-electron chi connectivity index (χ3n) is 1.63. The third-order valence-corrected chi connectivity index (χ3v) is 1.63. The zero-order valence-electron chi connectivity index (χ0n) is 8.84. The van der Waals surface area contributed by atoms with Gasteiger partial charge < -0.3 is 9.47 Å². The fraction of sp³-hybridized carbons (Fsp3) is 0.900. The molecule has 0 aromatic carbocycles. The SMILES string of the molecule is CCCCOC(=O)OCCC(C)C. The van der Waals surface area contributed by atoms with Crippen LogP contribution in [0.5, 0.6) is 0 Å². The second-order valence-corrected chi connectivity index (χ2v) is 3.48. The van der Waals surface area contributed by atoms with Gasteiger partial charge in [-0.3, -0.25) is 0 Å². The van der Waals surface area contributed by atoms with Gasteiger partial charge in [0, 0.05) is 0 Å². The van der Waals surface area contributed by atoms with Crippen molar-refractivity contribution in [1.82, 2.24) is 0 Å². The number of rotatable bonds is 6. The first-order valence-electron chi connectivity index (χ1n) is 4.96. The van der Waals surface area contributed by atoms with Crippen molar-refractivity contribution < 1.29 is 14.3 Å². The van der Waals surface area contributed by atoms with Crippen LogP contribution in [0.3, 0.4) is 0 Å². The summed E-state index contributed by atoms with van der Waals surface area (Å²) in [5, 5.41) is 0. The molecule has 0 spiro atoms. The Labute approximate surface area is 80.4 Å². The van der Waals surface area contributed by atoms with Gasteiger partial charge in [-0.2, -0.15) is 0 Å². The van der Waals surface area contributed by atoms with E-state index >= 15 is 0 Å². The summed E-state index contributed by atoms with van der Waals surface area (Å²) >= 11 is 0. The number of unbranched alkanes of at least 4 members (excludes halogenated alkanes) is 1. The number of hydrogen-bond donors (Lipinski definition) is 0. The molecular formula is C10H20O3. The van der Waals surface area contributed by atoms with Gasteiger partial charge in [-0.25, -0.2) is 4.79 Å². The molecule has 0 aromatic rings. The average Bonchev–Trinajstić information content (AvgIpc) is 2.04. The highest BCUT2D eigenvalue weighted by atomic mass is 16.7. The number of carbonyl (C=O) groups excluding carboxylic acids is 1. The molecule has 3 heteroatoms. The molecule has 0 heterocycles. The predicted octanol–water partition coefficient (Wildman–Crippen LogP) is 2.99. The number of hydrogen-bond acceptors (Lipinski definition) is 3. The number of ether oxygens (including phenoxy) is 2. The molecule has 0 N–H and O–H groups in total. The van der Waals surface area contributed by atoms with Gasteiger partial charge in [0.2, 0.25) is 0 Å². The maximum absolute atomic E-state index is 10.9. The maximum Gasteiger partial charge on any atom is 0.508 e. The van der Waals surface area contributed by atoms with Gasteiger partial charge in [-0.05, 0) is 18.8 Å². The van der Waals surface area contributed by atoms with Crippen molar-refractivity contribution in [3.8, 4) is 0 Å². The summed E-state index contributed by atoms with van der Waals surface area (Å²) in [5.41, 5.74) is 0. The van der Waals surface area contributed by atoms with Crippen molar-refractivity contribution in [3.63, 3.8) is 0 Å². The lowest BCUT2D eigenvalue weighted by atomic mass is 10.1. The topological polar surface area (TPSA) is 35.5 Å². The van der Waals surface area contributed by atoms with Gasteiger partial charge >= 0.3 is 6.16 Å². The van der Waals surface area contributed by atoms with Crippen molar-refractivity contribution in [1.29, 1.82) is 0 Å². The number of carbonyl (C=O) groups is 1. The Balaban J connectivity index is 3.20.